The van der Waals surface area contributed by atoms with Crippen LogP contribution >= 0.6 is 11.3 Å². The molecule has 6 nitrogen and oxygen atoms in total. The van der Waals surface area contributed by atoms with Crippen molar-refractivity contribution in [3.8, 4) is 0 Å². The molecule has 0 aliphatic heterocycles. The minimum Gasteiger partial charge on any atom is -0.459 e. The maximum atomic E-state index is 14.2. The number of halogens is 1. The highest BCUT2D eigenvalue weighted by Gasteiger charge is 2.21. The van der Waals surface area contributed by atoms with Gasteiger partial charge in [-0.15, -0.1) is 11.3 Å². The summed E-state index contributed by atoms with van der Waals surface area (Å²) in [6.07, 6.45) is 0.661. The maximum Gasteiger partial charge on any atom is 0.306 e. The van der Waals surface area contributed by atoms with Gasteiger partial charge >= 0.3 is 5.97 Å². The number of hydrogen-bond acceptors (Lipinski definition) is 6. The predicted molar refractivity (Wildman–Crippen MR) is 121 cm³/mol. The van der Waals surface area contributed by atoms with Gasteiger partial charge in [0.25, 0.3) is 0 Å². The van der Waals surface area contributed by atoms with E-state index in [1.165, 1.54) is 35.3 Å². The molecule has 32 heavy (non-hydrogen) atoms. The molecule has 2 heterocycles. The number of pyridine rings is 1. The van der Waals surface area contributed by atoms with Crippen molar-refractivity contribution >= 4 is 44.9 Å². The SMILES string of the molecule is CC(=O)N(c1nc(COC(=O)CCc2ccc3ccccc3n2)cs1)c1ccccc1F. The lowest BCUT2D eigenvalue weighted by Crippen LogP contribution is -2.23. The van der Waals surface area contributed by atoms with Gasteiger partial charge in [0.1, 0.15) is 12.4 Å². The number of anilines is 2. The first-order chi connectivity index (χ1) is 15.5. The summed E-state index contributed by atoms with van der Waals surface area (Å²) in [5, 5.41) is 3.05. The fourth-order valence-corrected chi connectivity index (χ4v) is 4.07. The van der Waals surface area contributed by atoms with Crippen LogP contribution in [0, 0.1) is 5.82 Å². The van der Waals surface area contributed by atoms with E-state index in [0.29, 0.717) is 17.2 Å². The zero-order valence-corrected chi connectivity index (χ0v) is 18.1. The highest BCUT2D eigenvalue weighted by atomic mass is 32.1. The molecule has 4 aromatic rings. The number of nitrogens with zero attached hydrogens (tertiary/aromatic N) is 3. The lowest BCUT2D eigenvalue weighted by molar-refractivity contribution is -0.145. The standard InChI is InChI=1S/C24H20FN3O3S/c1-16(29)28(22-9-5-3-7-20(22)25)24-27-19(15-32-24)14-31-23(30)13-12-18-11-10-17-6-2-4-8-21(17)26-18/h2-11,15H,12-14H2,1H3. The van der Waals surface area contributed by atoms with Crippen LogP contribution in [-0.4, -0.2) is 21.8 Å². The number of aryl methyl sites for hydroxylation is 1. The molecule has 1 amide bonds. The third-order valence-corrected chi connectivity index (χ3v) is 5.64. The number of carbonyl (C=O) groups excluding carboxylic acids is 2. The van der Waals surface area contributed by atoms with E-state index in [2.05, 4.69) is 9.97 Å². The molecule has 0 bridgehead atoms. The normalized spacial score (nSPS) is 10.8. The Kier molecular flexibility index (Phi) is 6.51. The Hall–Kier alpha value is -3.65. The Morgan fingerprint density at radius 3 is 2.59 bits per heavy atom. The summed E-state index contributed by atoms with van der Waals surface area (Å²) in [5.41, 5.74) is 2.32. The summed E-state index contributed by atoms with van der Waals surface area (Å²) in [4.78, 5) is 34.4. The van der Waals surface area contributed by atoms with E-state index in [-0.39, 0.29) is 30.6 Å². The molecule has 8 heteroatoms. The first-order valence-corrected chi connectivity index (χ1v) is 10.9. The molecule has 0 aliphatic rings. The first kappa shape index (κ1) is 21.6. The Bertz CT molecular complexity index is 1270. The molecule has 0 unspecified atom stereocenters. The summed E-state index contributed by atoms with van der Waals surface area (Å²) in [6.45, 7) is 1.32. The third-order valence-electron chi connectivity index (χ3n) is 4.76. The molecule has 2 aromatic carbocycles. The number of fused-ring (bicyclic) bond motifs is 1. The van der Waals surface area contributed by atoms with Crippen molar-refractivity contribution in [2.24, 2.45) is 0 Å². The molecule has 0 saturated carbocycles. The summed E-state index contributed by atoms with van der Waals surface area (Å²) in [5.74, 6) is -1.25. The smallest absolute Gasteiger partial charge is 0.306 e. The molecule has 0 atom stereocenters. The van der Waals surface area contributed by atoms with Crippen molar-refractivity contribution in [2.75, 3.05) is 4.90 Å². The highest BCUT2D eigenvalue weighted by Crippen LogP contribution is 2.30. The van der Waals surface area contributed by atoms with Gasteiger partial charge in [-0.2, -0.15) is 0 Å². The predicted octanol–water partition coefficient (Wildman–Crippen LogP) is 5.19. The molecular formula is C24H20FN3O3S. The number of ether oxygens (including phenoxy) is 1. The molecule has 4 rings (SSSR count). The van der Waals surface area contributed by atoms with Crippen LogP contribution in [0.2, 0.25) is 0 Å². The van der Waals surface area contributed by atoms with Gasteiger partial charge in [-0.25, -0.2) is 9.37 Å². The van der Waals surface area contributed by atoms with Crippen molar-refractivity contribution in [1.29, 1.82) is 0 Å². The van der Waals surface area contributed by atoms with Gasteiger partial charge in [-0.3, -0.25) is 19.5 Å². The lowest BCUT2D eigenvalue weighted by Gasteiger charge is -2.18. The molecule has 0 N–H and O–H groups in total. The molecule has 0 aliphatic carbocycles. The zero-order chi connectivity index (χ0) is 22.5. The van der Waals surface area contributed by atoms with Crippen molar-refractivity contribution in [2.45, 2.75) is 26.4 Å². The number of aromatic nitrogens is 2. The van der Waals surface area contributed by atoms with E-state index in [9.17, 15) is 14.0 Å². The molecule has 0 fully saturated rings. The van der Waals surface area contributed by atoms with Gasteiger partial charge in [0.05, 0.1) is 23.3 Å². The van der Waals surface area contributed by atoms with E-state index < -0.39 is 5.82 Å². The van der Waals surface area contributed by atoms with Crippen LogP contribution in [0.3, 0.4) is 0 Å². The monoisotopic (exact) mass is 449 g/mol. The summed E-state index contributed by atoms with van der Waals surface area (Å²) < 4.78 is 19.5. The second kappa shape index (κ2) is 9.65. The van der Waals surface area contributed by atoms with Gasteiger partial charge in [-0.1, -0.05) is 36.4 Å². The molecule has 162 valence electrons. The number of thiazole rings is 1. The van der Waals surface area contributed by atoms with E-state index in [1.54, 1.807) is 17.5 Å². The van der Waals surface area contributed by atoms with E-state index in [0.717, 1.165) is 16.6 Å². The van der Waals surface area contributed by atoms with Crippen molar-refractivity contribution < 1.29 is 18.7 Å². The second-order valence-corrected chi connectivity index (χ2v) is 7.92. The first-order valence-electron chi connectivity index (χ1n) is 10.0. The molecule has 0 radical (unpaired) electrons. The summed E-state index contributed by atoms with van der Waals surface area (Å²) in [6, 6.07) is 17.7. The Morgan fingerprint density at radius 1 is 1.00 bits per heavy atom. The van der Waals surface area contributed by atoms with Crippen LogP contribution in [0.25, 0.3) is 10.9 Å². The Labute approximate surface area is 188 Å². The number of rotatable bonds is 7. The quantitative estimate of drug-likeness (QED) is 0.363. The minimum atomic E-state index is -0.520. The van der Waals surface area contributed by atoms with Gasteiger partial charge in [0, 0.05) is 29.8 Å². The van der Waals surface area contributed by atoms with Gasteiger partial charge in [-0.05, 0) is 24.3 Å². The van der Waals surface area contributed by atoms with Crippen molar-refractivity contribution in [3.63, 3.8) is 0 Å². The number of hydrogen-bond donors (Lipinski definition) is 0. The van der Waals surface area contributed by atoms with E-state index >= 15 is 0 Å². The number of amides is 1. The molecule has 2 aromatic heterocycles. The molecular weight excluding hydrogens is 429 g/mol. The number of carbonyl (C=O) groups is 2. The number of benzene rings is 2. The number of para-hydroxylation sites is 2. The zero-order valence-electron chi connectivity index (χ0n) is 17.3. The largest absolute Gasteiger partial charge is 0.459 e. The third kappa shape index (κ3) is 4.97. The maximum absolute atomic E-state index is 14.2. The van der Waals surface area contributed by atoms with E-state index in [1.807, 2.05) is 36.4 Å². The van der Waals surface area contributed by atoms with Crippen LogP contribution in [0.1, 0.15) is 24.7 Å². The minimum absolute atomic E-state index is 0.0243. The average molecular weight is 450 g/mol. The van der Waals surface area contributed by atoms with Gasteiger partial charge in [0.15, 0.2) is 5.13 Å². The Balaban J connectivity index is 1.35. The van der Waals surface area contributed by atoms with Crippen LogP contribution < -0.4 is 4.90 Å². The fourth-order valence-electron chi connectivity index (χ4n) is 3.21. The lowest BCUT2D eigenvalue weighted by atomic mass is 10.1. The van der Waals surface area contributed by atoms with Gasteiger partial charge < -0.3 is 4.74 Å². The fraction of sp³-hybridized carbons (Fsp3) is 0.167. The Morgan fingerprint density at radius 2 is 1.78 bits per heavy atom. The highest BCUT2D eigenvalue weighted by molar-refractivity contribution is 7.14. The number of esters is 1. The van der Waals surface area contributed by atoms with Crippen LogP contribution in [0.4, 0.5) is 15.2 Å². The van der Waals surface area contributed by atoms with Crippen molar-refractivity contribution in [3.05, 3.63) is 83.2 Å². The molecule has 0 spiro atoms. The van der Waals surface area contributed by atoms with Crippen LogP contribution in [-0.2, 0) is 27.4 Å². The van der Waals surface area contributed by atoms with Crippen molar-refractivity contribution in [1.82, 2.24) is 9.97 Å². The van der Waals surface area contributed by atoms with Crippen LogP contribution in [0.15, 0.2) is 66.0 Å². The average Bonchev–Trinajstić information content (AvgIpc) is 3.26. The molecule has 0 saturated heterocycles. The summed E-state index contributed by atoms with van der Waals surface area (Å²) in [7, 11) is 0. The topological polar surface area (TPSA) is 72.4 Å². The van der Waals surface area contributed by atoms with Gasteiger partial charge in [0.2, 0.25) is 5.91 Å². The second-order valence-electron chi connectivity index (χ2n) is 7.08. The summed E-state index contributed by atoms with van der Waals surface area (Å²) >= 11 is 1.18. The van der Waals surface area contributed by atoms with Crippen LogP contribution in [0.5, 0.6) is 0 Å². The van der Waals surface area contributed by atoms with E-state index in [4.69, 9.17) is 4.74 Å².